The fourth-order valence-corrected chi connectivity index (χ4v) is 5.04. The summed E-state index contributed by atoms with van der Waals surface area (Å²) in [5, 5.41) is 5.36. The number of hydrogen-bond acceptors (Lipinski definition) is 5. The van der Waals surface area contributed by atoms with E-state index >= 15 is 0 Å². The molecule has 5 nitrogen and oxygen atoms in total. The summed E-state index contributed by atoms with van der Waals surface area (Å²) < 4.78 is 4.54. The quantitative estimate of drug-likeness (QED) is 0.869. The van der Waals surface area contributed by atoms with Gasteiger partial charge >= 0.3 is 0 Å². The average molecular weight is 325 g/mol. The van der Waals surface area contributed by atoms with E-state index in [1.165, 1.54) is 16.4 Å². The first-order chi connectivity index (χ1) is 11.2. The molecule has 0 spiro atoms. The van der Waals surface area contributed by atoms with Crippen LogP contribution in [0.25, 0.3) is 0 Å². The number of rotatable bonds is 3. The molecule has 5 rings (SSSR count). The molecule has 1 saturated heterocycles. The Balaban J connectivity index is 1.52. The first-order valence-electron chi connectivity index (χ1n) is 7.80. The number of aromatic nitrogens is 1. The van der Waals surface area contributed by atoms with E-state index in [4.69, 9.17) is 0 Å². The predicted molar refractivity (Wildman–Crippen MR) is 85.5 cm³/mol. The van der Waals surface area contributed by atoms with Crippen molar-refractivity contribution in [3.8, 4) is 0 Å². The molecule has 116 valence electrons. The lowest BCUT2D eigenvalue weighted by Crippen LogP contribution is -2.41. The van der Waals surface area contributed by atoms with Crippen molar-refractivity contribution in [2.45, 2.75) is 5.41 Å². The van der Waals surface area contributed by atoms with Gasteiger partial charge in [-0.05, 0) is 54.7 Å². The highest BCUT2D eigenvalue weighted by atomic mass is 32.1. The molecule has 2 unspecified atom stereocenters. The number of amides is 2. The van der Waals surface area contributed by atoms with Crippen LogP contribution in [0.3, 0.4) is 0 Å². The number of carbonyl (C=O) groups is 2. The molecule has 3 aliphatic rings. The largest absolute Gasteiger partial charge is 0.316 e. The molecule has 2 fully saturated rings. The maximum absolute atomic E-state index is 12.7. The summed E-state index contributed by atoms with van der Waals surface area (Å²) in [5.41, 5.74) is 1.93. The van der Waals surface area contributed by atoms with Gasteiger partial charge in [0.05, 0.1) is 16.8 Å². The van der Waals surface area contributed by atoms with Gasteiger partial charge in [0.2, 0.25) is 0 Å². The van der Waals surface area contributed by atoms with E-state index in [2.05, 4.69) is 9.69 Å². The topological polar surface area (TPSA) is 62.3 Å². The lowest BCUT2D eigenvalue weighted by molar-refractivity contribution is 0.0631. The molecule has 2 amide bonds. The van der Waals surface area contributed by atoms with Crippen LogP contribution in [-0.4, -0.2) is 40.7 Å². The highest BCUT2D eigenvalue weighted by Gasteiger charge is 2.69. The van der Waals surface area contributed by atoms with E-state index in [9.17, 15) is 9.59 Å². The van der Waals surface area contributed by atoms with Crippen LogP contribution in [0.5, 0.6) is 0 Å². The zero-order valence-electron chi connectivity index (χ0n) is 12.4. The first-order valence-corrected chi connectivity index (χ1v) is 8.64. The smallest absolute Gasteiger partial charge is 0.261 e. The maximum atomic E-state index is 12.7. The van der Waals surface area contributed by atoms with Crippen molar-refractivity contribution in [2.75, 3.05) is 19.6 Å². The Morgan fingerprint density at radius 3 is 2.35 bits per heavy atom. The van der Waals surface area contributed by atoms with Gasteiger partial charge in [-0.25, -0.2) is 0 Å². The molecule has 2 atom stereocenters. The molecular weight excluding hydrogens is 310 g/mol. The molecule has 3 heterocycles. The summed E-state index contributed by atoms with van der Waals surface area (Å²) in [6.45, 7) is 2.32. The van der Waals surface area contributed by atoms with Crippen molar-refractivity contribution < 1.29 is 9.59 Å². The second kappa shape index (κ2) is 4.49. The number of piperidine rings is 1. The third kappa shape index (κ3) is 1.62. The van der Waals surface area contributed by atoms with E-state index in [1.54, 1.807) is 24.3 Å². The van der Waals surface area contributed by atoms with Gasteiger partial charge in [-0.15, -0.1) is 0 Å². The molecule has 1 aliphatic carbocycles. The summed E-state index contributed by atoms with van der Waals surface area (Å²) >= 11 is 1.43. The van der Waals surface area contributed by atoms with Gasteiger partial charge in [0, 0.05) is 17.3 Å². The summed E-state index contributed by atoms with van der Waals surface area (Å²) in [5.74, 6) is 0.596. The summed E-state index contributed by atoms with van der Waals surface area (Å²) in [4.78, 5) is 26.8. The minimum atomic E-state index is -0.168. The number of fused-ring (bicyclic) bond motifs is 2. The zero-order valence-corrected chi connectivity index (χ0v) is 13.2. The Morgan fingerprint density at radius 1 is 1.13 bits per heavy atom. The van der Waals surface area contributed by atoms with Crippen molar-refractivity contribution >= 4 is 23.3 Å². The minimum absolute atomic E-state index is 0.154. The number of nitrogens with one attached hydrogen (secondary N) is 1. The molecule has 1 aromatic heterocycles. The molecule has 0 radical (unpaired) electrons. The van der Waals surface area contributed by atoms with Crippen LogP contribution in [0, 0.1) is 11.8 Å². The standard InChI is InChI=1S/C17H15N3O2S/c21-15-10-3-1-2-4-11(10)16(22)20(15)9-17(14-5-6-23-19-14)12-7-18-8-13(12)17/h1-6,12-13,18H,7-9H2. The Labute approximate surface area is 137 Å². The highest BCUT2D eigenvalue weighted by Crippen LogP contribution is 2.62. The maximum Gasteiger partial charge on any atom is 0.261 e. The average Bonchev–Trinajstić information content (AvgIpc) is 3.10. The van der Waals surface area contributed by atoms with Crippen molar-refractivity contribution in [3.63, 3.8) is 0 Å². The first kappa shape index (κ1) is 13.4. The molecular formula is C17H15N3O2S. The number of hydrogen-bond donors (Lipinski definition) is 1. The monoisotopic (exact) mass is 325 g/mol. The van der Waals surface area contributed by atoms with E-state index in [-0.39, 0.29) is 17.2 Å². The van der Waals surface area contributed by atoms with Crippen LogP contribution in [0.1, 0.15) is 26.4 Å². The Kier molecular flexibility index (Phi) is 2.61. The molecule has 23 heavy (non-hydrogen) atoms. The molecule has 1 aromatic carbocycles. The third-order valence-corrected chi connectivity index (χ3v) is 6.20. The number of benzene rings is 1. The number of carbonyl (C=O) groups excluding carboxylic acids is 2. The molecule has 6 heteroatoms. The van der Waals surface area contributed by atoms with Crippen LogP contribution in [0.15, 0.2) is 35.7 Å². The van der Waals surface area contributed by atoms with E-state index in [0.29, 0.717) is 29.5 Å². The van der Waals surface area contributed by atoms with Crippen LogP contribution in [-0.2, 0) is 5.41 Å². The fraction of sp³-hybridized carbons (Fsp3) is 0.353. The fourth-order valence-electron chi connectivity index (χ4n) is 4.44. The highest BCUT2D eigenvalue weighted by molar-refractivity contribution is 7.03. The van der Waals surface area contributed by atoms with Crippen molar-refractivity contribution in [1.82, 2.24) is 14.6 Å². The lowest BCUT2D eigenvalue weighted by atomic mass is 9.95. The molecule has 2 aromatic rings. The third-order valence-electron chi connectivity index (χ3n) is 5.64. The van der Waals surface area contributed by atoms with Crippen LogP contribution < -0.4 is 5.32 Å². The van der Waals surface area contributed by atoms with Gasteiger partial charge in [0.25, 0.3) is 11.8 Å². The van der Waals surface area contributed by atoms with Gasteiger partial charge in [0.15, 0.2) is 0 Å². The SMILES string of the molecule is O=C1c2ccccc2C(=O)N1CC1(c2ccsn2)C2CNCC21. The Morgan fingerprint density at radius 2 is 1.78 bits per heavy atom. The van der Waals surface area contributed by atoms with Gasteiger partial charge in [-0.2, -0.15) is 4.37 Å². The van der Waals surface area contributed by atoms with Crippen LogP contribution in [0.2, 0.25) is 0 Å². The molecule has 1 N–H and O–H groups in total. The molecule has 0 bridgehead atoms. The summed E-state index contributed by atoms with van der Waals surface area (Å²) in [6, 6.07) is 9.13. The van der Waals surface area contributed by atoms with E-state index in [1.807, 2.05) is 11.4 Å². The van der Waals surface area contributed by atoms with Gasteiger partial charge in [-0.3, -0.25) is 14.5 Å². The van der Waals surface area contributed by atoms with Gasteiger partial charge in [-0.1, -0.05) is 12.1 Å². The van der Waals surface area contributed by atoms with Crippen LogP contribution >= 0.6 is 11.5 Å². The zero-order chi connectivity index (χ0) is 15.6. The van der Waals surface area contributed by atoms with Gasteiger partial charge < -0.3 is 5.32 Å². The minimum Gasteiger partial charge on any atom is -0.316 e. The Hall–Kier alpha value is -2.05. The number of imide groups is 1. The van der Waals surface area contributed by atoms with E-state index < -0.39 is 0 Å². The van der Waals surface area contributed by atoms with E-state index in [0.717, 1.165) is 18.8 Å². The molecule has 1 saturated carbocycles. The van der Waals surface area contributed by atoms with Crippen molar-refractivity contribution in [3.05, 3.63) is 52.5 Å². The molecule has 2 aliphatic heterocycles. The second-order valence-corrected chi connectivity index (χ2v) is 7.20. The Bertz CT molecular complexity index is 772. The summed E-state index contributed by atoms with van der Waals surface area (Å²) in [6.07, 6.45) is 0. The predicted octanol–water partition coefficient (Wildman–Crippen LogP) is 1.53. The van der Waals surface area contributed by atoms with Gasteiger partial charge in [0.1, 0.15) is 0 Å². The second-order valence-electron chi connectivity index (χ2n) is 6.54. The van der Waals surface area contributed by atoms with Crippen molar-refractivity contribution in [1.29, 1.82) is 0 Å². The van der Waals surface area contributed by atoms with Crippen LogP contribution in [0.4, 0.5) is 0 Å². The normalized spacial score (nSPS) is 31.4. The van der Waals surface area contributed by atoms with Crippen molar-refractivity contribution in [2.24, 2.45) is 11.8 Å². The lowest BCUT2D eigenvalue weighted by Gasteiger charge is -2.24. The summed E-state index contributed by atoms with van der Waals surface area (Å²) in [7, 11) is 0. The number of nitrogens with zero attached hydrogens (tertiary/aromatic N) is 2.